The first kappa shape index (κ1) is 17.6. The molecule has 0 saturated heterocycles. The maximum atomic E-state index is 12.5. The van der Waals surface area contributed by atoms with Crippen LogP contribution in [0.4, 0.5) is 5.88 Å². The molecule has 0 bridgehead atoms. The van der Waals surface area contributed by atoms with Crippen LogP contribution in [0.25, 0.3) is 22.4 Å². The maximum Gasteiger partial charge on any atom is 0.239 e. The second-order valence-electron chi connectivity index (χ2n) is 6.24. The van der Waals surface area contributed by atoms with Gasteiger partial charge in [0.25, 0.3) is 0 Å². The number of pyridine rings is 2. The van der Waals surface area contributed by atoms with E-state index in [0.29, 0.717) is 24.4 Å². The molecule has 138 valence electrons. The van der Waals surface area contributed by atoms with E-state index in [9.17, 15) is 4.79 Å². The highest BCUT2D eigenvalue weighted by atomic mass is 16.5. The number of rotatable bonds is 6. The molecule has 4 rings (SSSR count). The van der Waals surface area contributed by atoms with Crippen molar-refractivity contribution in [3.05, 3.63) is 84.9 Å². The Morgan fingerprint density at radius 3 is 2.18 bits per heavy atom. The van der Waals surface area contributed by atoms with E-state index in [1.807, 2.05) is 54.6 Å². The Bertz CT molecular complexity index is 1050. The number of nitrogens with zero attached hydrogens (tertiary/aromatic N) is 3. The van der Waals surface area contributed by atoms with E-state index in [4.69, 9.17) is 4.52 Å². The Hall–Kier alpha value is -3.80. The van der Waals surface area contributed by atoms with Gasteiger partial charge < -0.3 is 4.52 Å². The van der Waals surface area contributed by atoms with Crippen LogP contribution in [-0.4, -0.2) is 21.0 Å². The summed E-state index contributed by atoms with van der Waals surface area (Å²) < 4.78 is 5.50. The van der Waals surface area contributed by atoms with Crippen molar-refractivity contribution < 1.29 is 9.32 Å². The van der Waals surface area contributed by atoms with Crippen molar-refractivity contribution in [2.45, 2.75) is 12.8 Å². The van der Waals surface area contributed by atoms with Gasteiger partial charge in [0, 0.05) is 36.8 Å². The standard InChI is InChI=1S/C22H18N4O2/c27-19(7-6-16-4-2-1-3-5-16)25-22-20(17-8-12-23-13-9-17)21(26-28-22)18-10-14-24-15-11-18/h1-5,8-15H,6-7H2,(H,25,27). The van der Waals surface area contributed by atoms with Gasteiger partial charge in [-0.05, 0) is 41.8 Å². The van der Waals surface area contributed by atoms with E-state index >= 15 is 0 Å². The quantitative estimate of drug-likeness (QED) is 0.545. The molecule has 4 aromatic rings. The molecule has 1 amide bonds. The van der Waals surface area contributed by atoms with E-state index in [1.165, 1.54) is 0 Å². The van der Waals surface area contributed by atoms with Crippen molar-refractivity contribution in [2.75, 3.05) is 5.32 Å². The van der Waals surface area contributed by atoms with Gasteiger partial charge in [-0.2, -0.15) is 0 Å². The van der Waals surface area contributed by atoms with Gasteiger partial charge in [-0.25, -0.2) is 0 Å². The average molecular weight is 370 g/mol. The fourth-order valence-corrected chi connectivity index (χ4v) is 2.96. The molecule has 3 heterocycles. The van der Waals surface area contributed by atoms with Gasteiger partial charge in [-0.15, -0.1) is 0 Å². The Labute approximate surface area is 162 Å². The highest BCUT2D eigenvalue weighted by Crippen LogP contribution is 2.37. The summed E-state index contributed by atoms with van der Waals surface area (Å²) in [7, 11) is 0. The first-order chi connectivity index (χ1) is 13.8. The Balaban J connectivity index is 1.60. The van der Waals surface area contributed by atoms with Crippen LogP contribution in [0.3, 0.4) is 0 Å². The van der Waals surface area contributed by atoms with Gasteiger partial charge in [-0.1, -0.05) is 35.5 Å². The number of hydrogen-bond acceptors (Lipinski definition) is 5. The van der Waals surface area contributed by atoms with Gasteiger partial charge in [0.05, 0.1) is 5.56 Å². The summed E-state index contributed by atoms with van der Waals surface area (Å²) in [6, 6.07) is 17.3. The largest absolute Gasteiger partial charge is 0.337 e. The van der Waals surface area contributed by atoms with Crippen LogP contribution in [0.1, 0.15) is 12.0 Å². The number of amides is 1. The molecule has 0 radical (unpaired) electrons. The summed E-state index contributed by atoms with van der Waals surface area (Å²) in [4.78, 5) is 20.6. The summed E-state index contributed by atoms with van der Waals surface area (Å²) in [6.45, 7) is 0. The lowest BCUT2D eigenvalue weighted by molar-refractivity contribution is -0.116. The average Bonchev–Trinajstić information content (AvgIpc) is 3.17. The number of carbonyl (C=O) groups is 1. The molecule has 0 fully saturated rings. The first-order valence-electron chi connectivity index (χ1n) is 8.95. The zero-order valence-electron chi connectivity index (χ0n) is 15.1. The second kappa shape index (κ2) is 8.26. The number of carbonyl (C=O) groups excluding carboxylic acids is 1. The molecule has 0 aliphatic heterocycles. The fourth-order valence-electron chi connectivity index (χ4n) is 2.96. The fraction of sp³-hybridized carbons (Fsp3) is 0.0909. The zero-order chi connectivity index (χ0) is 19.2. The molecule has 0 spiro atoms. The van der Waals surface area contributed by atoms with Gasteiger partial charge in [0.15, 0.2) is 0 Å². The third kappa shape index (κ3) is 3.96. The van der Waals surface area contributed by atoms with E-state index < -0.39 is 0 Å². The molecule has 0 atom stereocenters. The van der Waals surface area contributed by atoms with Gasteiger partial charge in [-0.3, -0.25) is 20.1 Å². The summed E-state index contributed by atoms with van der Waals surface area (Å²) in [6.07, 6.45) is 7.78. The normalized spacial score (nSPS) is 10.6. The number of anilines is 1. The molecular weight excluding hydrogens is 352 g/mol. The van der Waals surface area contributed by atoms with Crippen LogP contribution in [0.15, 0.2) is 83.9 Å². The lowest BCUT2D eigenvalue weighted by Crippen LogP contribution is -2.12. The molecule has 6 heteroatoms. The topological polar surface area (TPSA) is 80.9 Å². The highest BCUT2D eigenvalue weighted by Gasteiger charge is 2.21. The van der Waals surface area contributed by atoms with Crippen molar-refractivity contribution in [3.8, 4) is 22.4 Å². The molecule has 1 N–H and O–H groups in total. The summed E-state index contributed by atoms with van der Waals surface area (Å²) >= 11 is 0. The summed E-state index contributed by atoms with van der Waals surface area (Å²) in [5.74, 6) is 0.202. The van der Waals surface area contributed by atoms with Crippen LogP contribution in [0.2, 0.25) is 0 Å². The minimum absolute atomic E-state index is 0.128. The minimum atomic E-state index is -0.128. The predicted octanol–water partition coefficient (Wildman–Crippen LogP) is 4.37. The van der Waals surface area contributed by atoms with Crippen molar-refractivity contribution in [2.24, 2.45) is 0 Å². The van der Waals surface area contributed by atoms with Crippen molar-refractivity contribution in [3.63, 3.8) is 0 Å². The molecule has 0 unspecified atom stereocenters. The molecule has 3 aromatic heterocycles. The smallest absolute Gasteiger partial charge is 0.239 e. The van der Waals surface area contributed by atoms with Gasteiger partial charge in [0.1, 0.15) is 5.69 Å². The predicted molar refractivity (Wildman–Crippen MR) is 106 cm³/mol. The van der Waals surface area contributed by atoms with E-state index in [2.05, 4.69) is 20.4 Å². The van der Waals surface area contributed by atoms with Crippen LogP contribution >= 0.6 is 0 Å². The first-order valence-corrected chi connectivity index (χ1v) is 8.95. The number of aryl methyl sites for hydroxylation is 1. The SMILES string of the molecule is O=C(CCc1ccccc1)Nc1onc(-c2ccncc2)c1-c1ccncc1. The van der Waals surface area contributed by atoms with E-state index in [0.717, 1.165) is 22.3 Å². The Morgan fingerprint density at radius 2 is 1.50 bits per heavy atom. The molecule has 6 nitrogen and oxygen atoms in total. The molecule has 0 aliphatic rings. The second-order valence-corrected chi connectivity index (χ2v) is 6.24. The van der Waals surface area contributed by atoms with Crippen molar-refractivity contribution >= 4 is 11.8 Å². The molecular formula is C22H18N4O2. The maximum absolute atomic E-state index is 12.5. The van der Waals surface area contributed by atoms with Crippen molar-refractivity contribution in [1.29, 1.82) is 0 Å². The van der Waals surface area contributed by atoms with Crippen LogP contribution in [0.5, 0.6) is 0 Å². The number of aromatic nitrogens is 3. The number of benzene rings is 1. The summed E-state index contributed by atoms with van der Waals surface area (Å²) in [5.41, 5.74) is 4.20. The third-order valence-electron chi connectivity index (χ3n) is 4.35. The monoisotopic (exact) mass is 370 g/mol. The Morgan fingerprint density at radius 1 is 0.857 bits per heavy atom. The number of hydrogen-bond donors (Lipinski definition) is 1. The zero-order valence-corrected chi connectivity index (χ0v) is 15.1. The van der Waals surface area contributed by atoms with Gasteiger partial charge in [0.2, 0.25) is 11.8 Å². The lowest BCUT2D eigenvalue weighted by Gasteiger charge is -2.06. The van der Waals surface area contributed by atoms with Crippen LogP contribution in [0, 0.1) is 0 Å². The van der Waals surface area contributed by atoms with Crippen LogP contribution in [-0.2, 0) is 11.2 Å². The summed E-state index contributed by atoms with van der Waals surface area (Å²) in [5, 5.41) is 7.06. The van der Waals surface area contributed by atoms with Crippen molar-refractivity contribution in [1.82, 2.24) is 15.1 Å². The molecule has 1 aromatic carbocycles. The van der Waals surface area contributed by atoms with Crippen LogP contribution < -0.4 is 5.32 Å². The third-order valence-corrected chi connectivity index (χ3v) is 4.35. The minimum Gasteiger partial charge on any atom is -0.337 e. The lowest BCUT2D eigenvalue weighted by atomic mass is 10.0. The number of nitrogens with one attached hydrogen (secondary N) is 1. The van der Waals surface area contributed by atoms with E-state index in [-0.39, 0.29) is 5.91 Å². The molecule has 0 aliphatic carbocycles. The van der Waals surface area contributed by atoms with Gasteiger partial charge >= 0.3 is 0 Å². The highest BCUT2D eigenvalue weighted by molar-refractivity contribution is 5.97. The van der Waals surface area contributed by atoms with E-state index in [1.54, 1.807) is 24.8 Å². The molecule has 0 saturated carbocycles. The Kier molecular flexibility index (Phi) is 5.20. The molecule has 28 heavy (non-hydrogen) atoms.